The number of hydrogen-bond acceptors (Lipinski definition) is 2. The molecule has 3 rings (SSSR count). The minimum Gasteiger partial charge on any atom is -0.461 e. The lowest BCUT2D eigenvalue weighted by molar-refractivity contribution is 0.551. The summed E-state index contributed by atoms with van der Waals surface area (Å²) in [6, 6.07) is 12.8. The summed E-state index contributed by atoms with van der Waals surface area (Å²) in [7, 11) is 0. The molecule has 2 nitrogen and oxygen atoms in total. The molecule has 0 radical (unpaired) electrons. The highest BCUT2D eigenvalue weighted by Gasteiger charge is 2.13. The Labute approximate surface area is 127 Å². The highest BCUT2D eigenvalue weighted by atomic mass is 35.5. The van der Waals surface area contributed by atoms with Crippen LogP contribution in [-0.2, 0) is 13.0 Å². The third-order valence-corrected chi connectivity index (χ3v) is 3.80. The molecule has 0 atom stereocenters. The van der Waals surface area contributed by atoms with Gasteiger partial charge in [-0.1, -0.05) is 42.8 Å². The fraction of sp³-hybridized carbons (Fsp3) is 0.176. The van der Waals surface area contributed by atoms with Crippen molar-refractivity contribution in [1.82, 2.24) is 0 Å². The molecule has 2 aromatic carbocycles. The molecule has 0 spiro atoms. The molecule has 0 aliphatic heterocycles. The SMILES string of the molecule is CCc1oc2ccccc2c1CNc1cccc(Cl)c1F. The lowest BCUT2D eigenvalue weighted by Gasteiger charge is -2.08. The minimum atomic E-state index is -0.426. The van der Waals surface area contributed by atoms with Crippen molar-refractivity contribution in [2.24, 2.45) is 0 Å². The number of rotatable bonds is 4. The van der Waals surface area contributed by atoms with Gasteiger partial charge in [-0.15, -0.1) is 0 Å². The van der Waals surface area contributed by atoms with E-state index in [2.05, 4.69) is 5.32 Å². The first-order valence-corrected chi connectivity index (χ1v) is 7.25. The Bertz CT molecular complexity index is 782. The van der Waals surface area contributed by atoms with Crippen LogP contribution >= 0.6 is 11.6 Å². The lowest BCUT2D eigenvalue weighted by Crippen LogP contribution is -2.03. The first kappa shape index (κ1) is 14.0. The second kappa shape index (κ2) is 5.78. The summed E-state index contributed by atoms with van der Waals surface area (Å²) >= 11 is 5.79. The highest BCUT2D eigenvalue weighted by Crippen LogP contribution is 2.28. The zero-order valence-corrected chi connectivity index (χ0v) is 12.4. The van der Waals surface area contributed by atoms with Crippen LogP contribution < -0.4 is 5.32 Å². The van der Waals surface area contributed by atoms with E-state index in [0.29, 0.717) is 12.2 Å². The fourth-order valence-corrected chi connectivity index (χ4v) is 2.63. The standard InChI is InChI=1S/C17H15ClFNO/c1-2-15-12(11-6-3-4-9-16(11)21-15)10-20-14-8-5-7-13(18)17(14)19/h3-9,20H,2,10H2,1H3. The van der Waals surface area contributed by atoms with Crippen molar-refractivity contribution in [2.75, 3.05) is 5.32 Å². The summed E-state index contributed by atoms with van der Waals surface area (Å²) in [6.45, 7) is 2.54. The predicted molar refractivity (Wildman–Crippen MR) is 84.3 cm³/mol. The van der Waals surface area contributed by atoms with Crippen LogP contribution in [0.15, 0.2) is 46.9 Å². The largest absolute Gasteiger partial charge is 0.461 e. The summed E-state index contributed by atoms with van der Waals surface area (Å²) in [5.74, 6) is 0.496. The van der Waals surface area contributed by atoms with Crippen LogP contribution in [0.2, 0.25) is 5.02 Å². The molecular weight excluding hydrogens is 289 g/mol. The Hall–Kier alpha value is -2.00. The number of benzene rings is 2. The van der Waals surface area contributed by atoms with E-state index >= 15 is 0 Å². The van der Waals surface area contributed by atoms with Gasteiger partial charge < -0.3 is 9.73 Å². The lowest BCUT2D eigenvalue weighted by atomic mass is 10.1. The van der Waals surface area contributed by atoms with Gasteiger partial charge in [-0.2, -0.15) is 0 Å². The molecule has 0 bridgehead atoms. The minimum absolute atomic E-state index is 0.118. The van der Waals surface area contributed by atoms with Crippen LogP contribution in [0.1, 0.15) is 18.2 Å². The molecule has 0 saturated heterocycles. The molecule has 108 valence electrons. The van der Waals surface area contributed by atoms with Crippen molar-refractivity contribution in [2.45, 2.75) is 19.9 Å². The Kier molecular flexibility index (Phi) is 3.84. The highest BCUT2D eigenvalue weighted by molar-refractivity contribution is 6.31. The molecule has 0 aliphatic rings. The number of hydrogen-bond donors (Lipinski definition) is 1. The van der Waals surface area contributed by atoms with Crippen molar-refractivity contribution >= 4 is 28.3 Å². The summed E-state index contributed by atoms with van der Waals surface area (Å²) in [5, 5.41) is 4.28. The molecule has 0 aliphatic carbocycles. The number of aryl methyl sites for hydroxylation is 1. The second-order valence-electron chi connectivity index (χ2n) is 4.81. The molecule has 0 amide bonds. The van der Waals surface area contributed by atoms with Crippen LogP contribution in [0, 0.1) is 5.82 Å². The number of para-hydroxylation sites is 1. The van der Waals surface area contributed by atoms with Gasteiger partial charge in [0.2, 0.25) is 0 Å². The number of nitrogens with one attached hydrogen (secondary N) is 1. The molecule has 4 heteroatoms. The first-order valence-electron chi connectivity index (χ1n) is 6.88. The van der Waals surface area contributed by atoms with Gasteiger partial charge in [-0.25, -0.2) is 4.39 Å². The number of anilines is 1. The third-order valence-electron chi connectivity index (χ3n) is 3.51. The molecule has 1 heterocycles. The van der Waals surface area contributed by atoms with E-state index in [0.717, 1.165) is 28.7 Å². The van der Waals surface area contributed by atoms with Crippen LogP contribution in [0.25, 0.3) is 11.0 Å². The van der Waals surface area contributed by atoms with Crippen LogP contribution in [0.4, 0.5) is 10.1 Å². The fourth-order valence-electron chi connectivity index (χ4n) is 2.45. The van der Waals surface area contributed by atoms with Gasteiger partial charge in [0.15, 0.2) is 5.82 Å². The Morgan fingerprint density at radius 3 is 2.76 bits per heavy atom. The zero-order chi connectivity index (χ0) is 14.8. The zero-order valence-electron chi connectivity index (χ0n) is 11.6. The molecule has 1 aromatic heterocycles. The van der Waals surface area contributed by atoms with E-state index in [-0.39, 0.29) is 5.02 Å². The quantitative estimate of drug-likeness (QED) is 0.698. The normalized spacial score (nSPS) is 11.0. The summed E-state index contributed by atoms with van der Waals surface area (Å²) in [6.07, 6.45) is 0.795. The van der Waals surface area contributed by atoms with Crippen LogP contribution in [0.3, 0.4) is 0 Å². The average molecular weight is 304 g/mol. The Morgan fingerprint density at radius 1 is 1.14 bits per heavy atom. The molecule has 0 fully saturated rings. The second-order valence-corrected chi connectivity index (χ2v) is 5.22. The maximum Gasteiger partial charge on any atom is 0.164 e. The van der Waals surface area contributed by atoms with E-state index in [4.69, 9.17) is 16.0 Å². The number of halogens is 2. The van der Waals surface area contributed by atoms with Gasteiger partial charge in [0.25, 0.3) is 0 Å². The van der Waals surface area contributed by atoms with Crippen molar-refractivity contribution < 1.29 is 8.81 Å². The third kappa shape index (κ3) is 2.61. The summed E-state index contributed by atoms with van der Waals surface area (Å²) in [4.78, 5) is 0. The van der Waals surface area contributed by atoms with Crippen molar-refractivity contribution in [3.8, 4) is 0 Å². The Balaban J connectivity index is 1.93. The predicted octanol–water partition coefficient (Wildman–Crippen LogP) is 5.40. The molecule has 0 unspecified atom stereocenters. The number of furan rings is 1. The van der Waals surface area contributed by atoms with Crippen molar-refractivity contribution in [3.05, 3.63) is 64.6 Å². The topological polar surface area (TPSA) is 25.2 Å². The van der Waals surface area contributed by atoms with E-state index in [1.807, 2.05) is 31.2 Å². The first-order chi connectivity index (χ1) is 10.2. The van der Waals surface area contributed by atoms with Gasteiger partial charge in [0, 0.05) is 23.9 Å². The van der Waals surface area contributed by atoms with Gasteiger partial charge in [0.05, 0.1) is 10.7 Å². The molecule has 0 saturated carbocycles. The monoisotopic (exact) mass is 303 g/mol. The van der Waals surface area contributed by atoms with Crippen LogP contribution in [-0.4, -0.2) is 0 Å². The van der Waals surface area contributed by atoms with Gasteiger partial charge in [-0.05, 0) is 18.2 Å². The van der Waals surface area contributed by atoms with Gasteiger partial charge in [0.1, 0.15) is 11.3 Å². The van der Waals surface area contributed by atoms with E-state index in [9.17, 15) is 4.39 Å². The molecule has 3 aromatic rings. The van der Waals surface area contributed by atoms with E-state index < -0.39 is 5.82 Å². The maximum atomic E-state index is 13.9. The molecular formula is C17H15ClFNO. The van der Waals surface area contributed by atoms with Gasteiger partial charge in [-0.3, -0.25) is 0 Å². The number of fused-ring (bicyclic) bond motifs is 1. The summed E-state index contributed by atoms with van der Waals surface area (Å²) in [5.41, 5.74) is 2.32. The van der Waals surface area contributed by atoms with Crippen LogP contribution in [0.5, 0.6) is 0 Å². The smallest absolute Gasteiger partial charge is 0.164 e. The van der Waals surface area contributed by atoms with E-state index in [1.54, 1.807) is 12.1 Å². The Morgan fingerprint density at radius 2 is 1.95 bits per heavy atom. The maximum absolute atomic E-state index is 13.9. The summed E-state index contributed by atoms with van der Waals surface area (Å²) < 4.78 is 19.7. The van der Waals surface area contributed by atoms with Gasteiger partial charge >= 0.3 is 0 Å². The van der Waals surface area contributed by atoms with E-state index in [1.165, 1.54) is 6.07 Å². The van der Waals surface area contributed by atoms with Crippen molar-refractivity contribution in [1.29, 1.82) is 0 Å². The molecule has 1 N–H and O–H groups in total. The van der Waals surface area contributed by atoms with Crippen molar-refractivity contribution in [3.63, 3.8) is 0 Å². The average Bonchev–Trinajstić information content (AvgIpc) is 2.86. The molecule has 21 heavy (non-hydrogen) atoms.